The van der Waals surface area contributed by atoms with Crippen LogP contribution in [0.2, 0.25) is 0 Å². The lowest BCUT2D eigenvalue weighted by atomic mass is 10.1. The number of hydrogen-bond acceptors (Lipinski definition) is 4. The number of Topliss-reactive ketones (excluding diaryl/α,β-unsaturated/α-hetero) is 1. The molecule has 2 N–H and O–H groups in total. The van der Waals surface area contributed by atoms with E-state index in [0.29, 0.717) is 30.1 Å². The van der Waals surface area contributed by atoms with Crippen LogP contribution in [0.15, 0.2) is 18.2 Å². The predicted molar refractivity (Wildman–Crippen MR) is 74.3 cm³/mol. The summed E-state index contributed by atoms with van der Waals surface area (Å²) in [6.45, 7) is 6.46. The van der Waals surface area contributed by atoms with Crippen molar-refractivity contribution in [3.8, 4) is 5.75 Å². The van der Waals surface area contributed by atoms with Gasteiger partial charge in [0.05, 0.1) is 5.56 Å². The molecule has 0 radical (unpaired) electrons. The molecule has 0 heterocycles. The van der Waals surface area contributed by atoms with Crippen LogP contribution in [0.5, 0.6) is 5.75 Å². The summed E-state index contributed by atoms with van der Waals surface area (Å²) >= 11 is 0. The number of benzene rings is 1. The highest BCUT2D eigenvalue weighted by Crippen LogP contribution is 2.22. The fourth-order valence-corrected chi connectivity index (χ4v) is 1.76. The molecule has 1 amide bonds. The van der Waals surface area contributed by atoms with Crippen molar-refractivity contribution in [3.05, 3.63) is 23.8 Å². The van der Waals surface area contributed by atoms with Gasteiger partial charge in [-0.05, 0) is 39.0 Å². The number of amides is 1. The van der Waals surface area contributed by atoms with E-state index in [4.69, 9.17) is 10.5 Å². The molecule has 104 valence electrons. The van der Waals surface area contributed by atoms with Gasteiger partial charge in [-0.25, -0.2) is 0 Å². The third-order valence-electron chi connectivity index (χ3n) is 2.85. The molecule has 5 heteroatoms. The number of ether oxygens (including phenoxy) is 1. The van der Waals surface area contributed by atoms with E-state index in [-0.39, 0.29) is 18.3 Å². The first kappa shape index (κ1) is 15.0. The van der Waals surface area contributed by atoms with E-state index in [0.717, 1.165) is 0 Å². The largest absolute Gasteiger partial charge is 0.483 e. The minimum Gasteiger partial charge on any atom is -0.483 e. The number of likely N-dealkylation sites (N-methyl/N-ethyl adjacent to an activating group) is 1. The maximum absolute atomic E-state index is 11.8. The molecule has 5 nitrogen and oxygen atoms in total. The molecule has 1 aromatic carbocycles. The Bertz CT molecular complexity index is 468. The molecule has 0 aromatic heterocycles. The molecule has 0 saturated carbocycles. The Kier molecular flexibility index (Phi) is 5.36. The van der Waals surface area contributed by atoms with Crippen LogP contribution in [-0.2, 0) is 4.79 Å². The zero-order valence-electron chi connectivity index (χ0n) is 11.6. The SMILES string of the molecule is CCN(CC)C(=O)COc1ccc(N)cc1C(C)=O. The molecule has 0 fully saturated rings. The zero-order chi connectivity index (χ0) is 14.4. The van der Waals surface area contributed by atoms with E-state index in [1.165, 1.54) is 6.92 Å². The van der Waals surface area contributed by atoms with Crippen molar-refractivity contribution < 1.29 is 14.3 Å². The molecular weight excluding hydrogens is 244 g/mol. The molecule has 0 unspecified atom stereocenters. The summed E-state index contributed by atoms with van der Waals surface area (Å²) < 4.78 is 5.43. The molecule has 0 spiro atoms. The molecule has 0 aliphatic rings. The van der Waals surface area contributed by atoms with E-state index in [1.807, 2.05) is 13.8 Å². The molecular formula is C14H20N2O3. The number of nitrogens with zero attached hydrogens (tertiary/aromatic N) is 1. The summed E-state index contributed by atoms with van der Waals surface area (Å²) in [5.41, 5.74) is 6.52. The van der Waals surface area contributed by atoms with Crippen LogP contribution in [0.4, 0.5) is 5.69 Å². The zero-order valence-corrected chi connectivity index (χ0v) is 11.6. The van der Waals surface area contributed by atoms with E-state index >= 15 is 0 Å². The fourth-order valence-electron chi connectivity index (χ4n) is 1.76. The van der Waals surface area contributed by atoms with Crippen molar-refractivity contribution in [2.45, 2.75) is 20.8 Å². The molecule has 1 rings (SSSR count). The smallest absolute Gasteiger partial charge is 0.260 e. The lowest BCUT2D eigenvalue weighted by Gasteiger charge is -2.19. The van der Waals surface area contributed by atoms with Crippen molar-refractivity contribution in [3.63, 3.8) is 0 Å². The average Bonchev–Trinajstić information content (AvgIpc) is 2.38. The summed E-state index contributed by atoms with van der Waals surface area (Å²) in [6.07, 6.45) is 0. The van der Waals surface area contributed by atoms with Crippen LogP contribution in [0, 0.1) is 0 Å². The van der Waals surface area contributed by atoms with E-state index in [2.05, 4.69) is 0 Å². The third kappa shape index (κ3) is 3.98. The van der Waals surface area contributed by atoms with Gasteiger partial charge in [-0.2, -0.15) is 0 Å². The standard InChI is InChI=1S/C14H20N2O3/c1-4-16(5-2)14(18)9-19-13-7-6-11(15)8-12(13)10(3)17/h6-8H,4-5,9,15H2,1-3H3. The maximum atomic E-state index is 11.8. The van der Waals surface area contributed by atoms with Gasteiger partial charge in [0.1, 0.15) is 5.75 Å². The quantitative estimate of drug-likeness (QED) is 0.627. The van der Waals surface area contributed by atoms with Crippen molar-refractivity contribution >= 4 is 17.4 Å². The maximum Gasteiger partial charge on any atom is 0.260 e. The van der Waals surface area contributed by atoms with Crippen molar-refractivity contribution in [2.24, 2.45) is 0 Å². The summed E-state index contributed by atoms with van der Waals surface area (Å²) in [5.74, 6) is 0.149. The second-order valence-corrected chi connectivity index (χ2v) is 4.17. The third-order valence-corrected chi connectivity index (χ3v) is 2.85. The molecule has 0 aliphatic heterocycles. The molecule has 0 atom stereocenters. The van der Waals surface area contributed by atoms with Crippen LogP contribution in [-0.4, -0.2) is 36.3 Å². The number of anilines is 1. The van der Waals surface area contributed by atoms with E-state index in [1.54, 1.807) is 23.1 Å². The number of carbonyl (C=O) groups excluding carboxylic acids is 2. The van der Waals surface area contributed by atoms with Gasteiger partial charge in [0, 0.05) is 18.8 Å². The highest BCUT2D eigenvalue weighted by atomic mass is 16.5. The van der Waals surface area contributed by atoms with Gasteiger partial charge in [0.25, 0.3) is 5.91 Å². The van der Waals surface area contributed by atoms with E-state index in [9.17, 15) is 9.59 Å². The molecule has 0 saturated heterocycles. The Balaban J connectivity index is 2.78. The Labute approximate surface area is 113 Å². The van der Waals surface area contributed by atoms with E-state index < -0.39 is 0 Å². The Morgan fingerprint density at radius 3 is 2.42 bits per heavy atom. The summed E-state index contributed by atoms with van der Waals surface area (Å²) in [6, 6.07) is 4.81. The van der Waals surface area contributed by atoms with Crippen molar-refractivity contribution in [1.82, 2.24) is 4.90 Å². The van der Waals surface area contributed by atoms with Crippen molar-refractivity contribution in [1.29, 1.82) is 0 Å². The molecule has 0 aliphatic carbocycles. The average molecular weight is 264 g/mol. The summed E-state index contributed by atoms with van der Waals surface area (Å²) in [5, 5.41) is 0. The lowest BCUT2D eigenvalue weighted by molar-refractivity contribution is -0.132. The van der Waals surface area contributed by atoms with Gasteiger partial charge in [-0.15, -0.1) is 0 Å². The Morgan fingerprint density at radius 1 is 1.26 bits per heavy atom. The second kappa shape index (κ2) is 6.78. The van der Waals surface area contributed by atoms with Gasteiger partial charge in [-0.3, -0.25) is 9.59 Å². The number of carbonyl (C=O) groups is 2. The summed E-state index contributed by atoms with van der Waals surface area (Å²) in [4.78, 5) is 25.0. The van der Waals surface area contributed by atoms with Gasteiger partial charge in [0.15, 0.2) is 12.4 Å². The van der Waals surface area contributed by atoms with Gasteiger partial charge < -0.3 is 15.4 Å². The number of nitrogens with two attached hydrogens (primary N) is 1. The monoisotopic (exact) mass is 264 g/mol. The highest BCUT2D eigenvalue weighted by molar-refractivity contribution is 5.97. The Morgan fingerprint density at radius 2 is 1.89 bits per heavy atom. The first-order valence-corrected chi connectivity index (χ1v) is 6.30. The van der Waals surface area contributed by atoms with Crippen LogP contribution in [0.25, 0.3) is 0 Å². The van der Waals surface area contributed by atoms with Gasteiger partial charge in [0.2, 0.25) is 0 Å². The van der Waals surface area contributed by atoms with Gasteiger partial charge >= 0.3 is 0 Å². The lowest BCUT2D eigenvalue weighted by Crippen LogP contribution is -2.34. The van der Waals surface area contributed by atoms with Crippen molar-refractivity contribution in [2.75, 3.05) is 25.4 Å². The number of nitrogen functional groups attached to an aromatic ring is 1. The molecule has 19 heavy (non-hydrogen) atoms. The topological polar surface area (TPSA) is 72.6 Å². The molecule has 0 bridgehead atoms. The van der Waals surface area contributed by atoms with Crippen LogP contribution in [0.3, 0.4) is 0 Å². The summed E-state index contributed by atoms with van der Waals surface area (Å²) in [7, 11) is 0. The van der Waals surface area contributed by atoms with Crippen LogP contribution < -0.4 is 10.5 Å². The second-order valence-electron chi connectivity index (χ2n) is 4.17. The number of rotatable bonds is 6. The van der Waals surface area contributed by atoms with Crippen LogP contribution >= 0.6 is 0 Å². The Hall–Kier alpha value is -2.04. The predicted octanol–water partition coefficient (Wildman–Crippen LogP) is 1.72. The number of hydrogen-bond donors (Lipinski definition) is 1. The minimum absolute atomic E-state index is 0.0775. The number of ketones is 1. The van der Waals surface area contributed by atoms with Gasteiger partial charge in [-0.1, -0.05) is 0 Å². The first-order chi connectivity index (χ1) is 8.99. The normalized spacial score (nSPS) is 10.1. The highest BCUT2D eigenvalue weighted by Gasteiger charge is 2.13. The first-order valence-electron chi connectivity index (χ1n) is 6.30. The fraction of sp³-hybridized carbons (Fsp3) is 0.429. The van der Waals surface area contributed by atoms with Crippen LogP contribution in [0.1, 0.15) is 31.1 Å². The molecule has 1 aromatic rings. The minimum atomic E-state index is -0.141.